The normalized spacial score (nSPS) is 10.9. The van der Waals surface area contributed by atoms with Crippen molar-refractivity contribution >= 4 is 34.2 Å². The standard InChI is InChI=1S/C22H19ClN4O3/c1-13-19-20(28)16(21(29)24-14-9-10-18(30-3)17(23)11-14)12-26(2)22(19)27(25-13)15-7-5-4-6-8-15/h4-12H,1-3H3,(H,24,29). The first-order chi connectivity index (χ1) is 14.4. The fourth-order valence-corrected chi connectivity index (χ4v) is 3.67. The Morgan fingerprint density at radius 3 is 2.57 bits per heavy atom. The zero-order valence-electron chi connectivity index (χ0n) is 16.6. The van der Waals surface area contributed by atoms with E-state index in [2.05, 4.69) is 10.4 Å². The summed E-state index contributed by atoms with van der Waals surface area (Å²) in [6.45, 7) is 1.76. The Kier molecular flexibility index (Phi) is 5.05. The van der Waals surface area contributed by atoms with Gasteiger partial charge in [0.25, 0.3) is 5.91 Å². The van der Waals surface area contributed by atoms with Crippen LogP contribution >= 0.6 is 11.6 Å². The molecule has 0 aliphatic rings. The summed E-state index contributed by atoms with van der Waals surface area (Å²) in [5.41, 5.74) is 2.11. The lowest BCUT2D eigenvalue weighted by atomic mass is 10.1. The summed E-state index contributed by atoms with van der Waals surface area (Å²) in [6.07, 6.45) is 1.52. The number of nitrogens with one attached hydrogen (secondary N) is 1. The van der Waals surface area contributed by atoms with Gasteiger partial charge >= 0.3 is 0 Å². The number of aromatic nitrogens is 3. The fraction of sp³-hybridized carbons (Fsp3) is 0.136. The number of hydrogen-bond acceptors (Lipinski definition) is 4. The number of carbonyl (C=O) groups excluding carboxylic acids is 1. The lowest BCUT2D eigenvalue weighted by molar-refractivity contribution is 0.102. The molecule has 0 aliphatic carbocycles. The summed E-state index contributed by atoms with van der Waals surface area (Å²) in [4.78, 5) is 26.0. The number of benzene rings is 2. The third kappa shape index (κ3) is 3.33. The molecule has 0 saturated carbocycles. The second-order valence-electron chi connectivity index (χ2n) is 6.82. The Balaban J connectivity index is 1.78. The maximum absolute atomic E-state index is 13.2. The molecule has 7 nitrogen and oxygen atoms in total. The number of ether oxygens (including phenoxy) is 1. The van der Waals surface area contributed by atoms with Crippen molar-refractivity contribution in [3.05, 3.63) is 81.2 Å². The van der Waals surface area contributed by atoms with Crippen LogP contribution in [0.15, 0.2) is 59.5 Å². The highest BCUT2D eigenvalue weighted by Crippen LogP contribution is 2.27. The topological polar surface area (TPSA) is 78.2 Å². The minimum atomic E-state index is -0.523. The van der Waals surface area contributed by atoms with Gasteiger partial charge in [0.1, 0.15) is 17.0 Å². The molecule has 0 spiro atoms. The van der Waals surface area contributed by atoms with E-state index in [-0.39, 0.29) is 11.0 Å². The van der Waals surface area contributed by atoms with Crippen molar-refractivity contribution in [1.29, 1.82) is 0 Å². The lowest BCUT2D eigenvalue weighted by Gasteiger charge is -2.11. The number of nitrogens with zero attached hydrogens (tertiary/aromatic N) is 3. The number of rotatable bonds is 4. The average molecular weight is 423 g/mol. The van der Waals surface area contributed by atoms with Gasteiger partial charge in [-0.25, -0.2) is 4.68 Å². The molecule has 2 heterocycles. The Labute approximate surface area is 177 Å². The molecule has 2 aromatic carbocycles. The number of hydrogen-bond donors (Lipinski definition) is 1. The van der Waals surface area contributed by atoms with Crippen LogP contribution in [0.2, 0.25) is 5.02 Å². The SMILES string of the molecule is COc1ccc(NC(=O)c2cn(C)c3c(c(C)nn3-c3ccccc3)c2=O)cc1Cl. The second kappa shape index (κ2) is 7.68. The molecule has 30 heavy (non-hydrogen) atoms. The molecule has 0 unspecified atom stereocenters. The zero-order chi connectivity index (χ0) is 21.4. The summed E-state index contributed by atoms with van der Waals surface area (Å²) in [5.74, 6) is -0.0263. The van der Waals surface area contributed by atoms with E-state index in [4.69, 9.17) is 16.3 Å². The van der Waals surface area contributed by atoms with Crippen molar-refractivity contribution in [2.45, 2.75) is 6.92 Å². The van der Waals surface area contributed by atoms with E-state index < -0.39 is 5.91 Å². The first kappa shape index (κ1) is 19.7. The lowest BCUT2D eigenvalue weighted by Crippen LogP contribution is -2.23. The van der Waals surface area contributed by atoms with Crippen LogP contribution in [-0.2, 0) is 7.05 Å². The minimum absolute atomic E-state index is 0.0210. The van der Waals surface area contributed by atoms with Crippen molar-refractivity contribution in [2.24, 2.45) is 7.05 Å². The number of pyridine rings is 1. The Hall–Kier alpha value is -3.58. The van der Waals surface area contributed by atoms with Crippen LogP contribution in [0.4, 0.5) is 5.69 Å². The number of aryl methyl sites for hydroxylation is 2. The molecule has 0 atom stereocenters. The Morgan fingerprint density at radius 2 is 1.90 bits per heavy atom. The molecule has 1 amide bonds. The van der Waals surface area contributed by atoms with Crippen molar-refractivity contribution in [1.82, 2.24) is 14.3 Å². The maximum Gasteiger partial charge on any atom is 0.261 e. The van der Waals surface area contributed by atoms with E-state index in [1.54, 1.807) is 41.4 Å². The predicted octanol–water partition coefficient (Wildman–Crippen LogP) is 3.95. The van der Waals surface area contributed by atoms with Crippen molar-refractivity contribution in [3.63, 3.8) is 0 Å². The van der Waals surface area contributed by atoms with Gasteiger partial charge < -0.3 is 14.6 Å². The van der Waals surface area contributed by atoms with Crippen LogP contribution < -0.4 is 15.5 Å². The average Bonchev–Trinajstić information content (AvgIpc) is 3.09. The molecule has 0 bridgehead atoms. The smallest absolute Gasteiger partial charge is 0.261 e. The maximum atomic E-state index is 13.2. The van der Waals surface area contributed by atoms with E-state index in [0.29, 0.717) is 33.2 Å². The van der Waals surface area contributed by atoms with Crippen LogP contribution in [-0.4, -0.2) is 27.4 Å². The third-order valence-corrected chi connectivity index (χ3v) is 5.11. The van der Waals surface area contributed by atoms with E-state index >= 15 is 0 Å². The summed E-state index contributed by atoms with van der Waals surface area (Å²) < 4.78 is 8.56. The number of halogens is 1. The van der Waals surface area contributed by atoms with Gasteiger partial charge in [0.15, 0.2) is 0 Å². The molecule has 0 fully saturated rings. The van der Waals surface area contributed by atoms with E-state index in [9.17, 15) is 9.59 Å². The third-order valence-electron chi connectivity index (χ3n) is 4.82. The van der Waals surface area contributed by atoms with Crippen LogP contribution in [0.25, 0.3) is 16.7 Å². The van der Waals surface area contributed by atoms with Crippen LogP contribution in [0.3, 0.4) is 0 Å². The number of amides is 1. The van der Waals surface area contributed by atoms with Gasteiger partial charge in [-0.2, -0.15) is 5.10 Å². The quantitative estimate of drug-likeness (QED) is 0.540. The highest BCUT2D eigenvalue weighted by molar-refractivity contribution is 6.32. The van der Waals surface area contributed by atoms with Gasteiger partial charge in [-0.05, 0) is 37.3 Å². The zero-order valence-corrected chi connectivity index (χ0v) is 17.4. The Bertz CT molecular complexity index is 1330. The highest BCUT2D eigenvalue weighted by Gasteiger charge is 2.21. The molecular formula is C22H19ClN4O3. The summed E-state index contributed by atoms with van der Waals surface area (Å²) >= 11 is 6.12. The van der Waals surface area contributed by atoms with Crippen LogP contribution in [0.5, 0.6) is 5.75 Å². The molecule has 0 aliphatic heterocycles. The fourth-order valence-electron chi connectivity index (χ4n) is 3.41. The first-order valence-electron chi connectivity index (χ1n) is 9.20. The van der Waals surface area contributed by atoms with E-state index in [1.165, 1.54) is 13.3 Å². The first-order valence-corrected chi connectivity index (χ1v) is 9.57. The second-order valence-corrected chi connectivity index (χ2v) is 7.22. The number of fused-ring (bicyclic) bond motifs is 1. The molecule has 2 aromatic heterocycles. The molecular weight excluding hydrogens is 404 g/mol. The number of para-hydroxylation sites is 1. The predicted molar refractivity (Wildman–Crippen MR) is 117 cm³/mol. The summed E-state index contributed by atoms with van der Waals surface area (Å²) in [5, 5.41) is 8.02. The van der Waals surface area contributed by atoms with Gasteiger partial charge in [-0.1, -0.05) is 29.8 Å². The van der Waals surface area contributed by atoms with Crippen LogP contribution in [0, 0.1) is 6.92 Å². The number of carbonyl (C=O) groups is 1. The molecule has 0 radical (unpaired) electrons. The summed E-state index contributed by atoms with van der Waals surface area (Å²) in [7, 11) is 3.29. The van der Waals surface area contributed by atoms with Gasteiger partial charge in [-0.3, -0.25) is 9.59 Å². The summed E-state index contributed by atoms with van der Waals surface area (Å²) in [6, 6.07) is 14.4. The van der Waals surface area contributed by atoms with Gasteiger partial charge in [0.2, 0.25) is 5.43 Å². The molecule has 8 heteroatoms. The van der Waals surface area contributed by atoms with Crippen molar-refractivity contribution in [3.8, 4) is 11.4 Å². The number of methoxy groups -OCH3 is 1. The van der Waals surface area contributed by atoms with Crippen molar-refractivity contribution in [2.75, 3.05) is 12.4 Å². The van der Waals surface area contributed by atoms with Gasteiger partial charge in [-0.15, -0.1) is 0 Å². The number of anilines is 1. The molecule has 4 rings (SSSR count). The molecule has 0 saturated heterocycles. The van der Waals surface area contributed by atoms with Gasteiger partial charge in [0.05, 0.1) is 28.9 Å². The molecule has 1 N–H and O–H groups in total. The van der Waals surface area contributed by atoms with Gasteiger partial charge in [0, 0.05) is 18.9 Å². The van der Waals surface area contributed by atoms with Crippen molar-refractivity contribution < 1.29 is 9.53 Å². The molecule has 4 aromatic rings. The Morgan fingerprint density at radius 1 is 1.17 bits per heavy atom. The van der Waals surface area contributed by atoms with E-state index in [1.807, 2.05) is 30.3 Å². The molecule has 152 valence electrons. The highest BCUT2D eigenvalue weighted by atomic mass is 35.5. The largest absolute Gasteiger partial charge is 0.495 e. The minimum Gasteiger partial charge on any atom is -0.495 e. The monoisotopic (exact) mass is 422 g/mol. The van der Waals surface area contributed by atoms with Crippen LogP contribution in [0.1, 0.15) is 16.1 Å². The van der Waals surface area contributed by atoms with E-state index in [0.717, 1.165) is 5.69 Å².